The van der Waals surface area contributed by atoms with E-state index in [-0.39, 0.29) is 0 Å². The molecular weight excluding hydrogens is 266 g/mol. The van der Waals surface area contributed by atoms with Crippen molar-refractivity contribution in [3.05, 3.63) is 53.3 Å². The normalized spacial score (nSPS) is 10.2. The molecule has 1 aromatic carbocycles. The van der Waals surface area contributed by atoms with Crippen molar-refractivity contribution >= 4 is 17.3 Å². The zero-order valence-corrected chi connectivity index (χ0v) is 12.5. The lowest BCUT2D eigenvalue weighted by molar-refractivity contribution is 0.0602. The summed E-state index contributed by atoms with van der Waals surface area (Å²) in [5.41, 5.74) is 9.66. The number of rotatable bonds is 4. The fraction of sp³-hybridized carbons (Fsp3) is 0.250. The van der Waals surface area contributed by atoms with Crippen LogP contribution < -0.4 is 10.6 Å². The van der Waals surface area contributed by atoms with Crippen LogP contribution in [0.15, 0.2) is 36.7 Å². The van der Waals surface area contributed by atoms with Crippen molar-refractivity contribution in [2.45, 2.75) is 13.5 Å². The fourth-order valence-corrected chi connectivity index (χ4v) is 2.14. The van der Waals surface area contributed by atoms with E-state index in [9.17, 15) is 4.79 Å². The van der Waals surface area contributed by atoms with E-state index in [0.29, 0.717) is 17.8 Å². The van der Waals surface area contributed by atoms with E-state index in [1.165, 1.54) is 7.11 Å². The van der Waals surface area contributed by atoms with Crippen LogP contribution in [0.4, 0.5) is 11.4 Å². The summed E-state index contributed by atoms with van der Waals surface area (Å²) in [6.07, 6.45) is 3.56. The standard InChI is InChI=1S/C16H19N3O2/c1-11-7-13(8-14(15(11)17)16(20)21-3)19(2)10-12-5-4-6-18-9-12/h4-9H,10,17H2,1-3H3. The molecule has 0 amide bonds. The van der Waals surface area contributed by atoms with Gasteiger partial charge < -0.3 is 15.4 Å². The van der Waals surface area contributed by atoms with Crippen LogP contribution in [0, 0.1) is 6.92 Å². The summed E-state index contributed by atoms with van der Waals surface area (Å²) in [4.78, 5) is 17.9. The molecule has 5 nitrogen and oxygen atoms in total. The van der Waals surface area contributed by atoms with Gasteiger partial charge in [-0.15, -0.1) is 0 Å². The van der Waals surface area contributed by atoms with Crippen molar-refractivity contribution in [1.82, 2.24) is 4.98 Å². The average Bonchev–Trinajstić information content (AvgIpc) is 2.50. The third kappa shape index (κ3) is 3.31. The van der Waals surface area contributed by atoms with Gasteiger partial charge in [-0.1, -0.05) is 6.07 Å². The van der Waals surface area contributed by atoms with Gasteiger partial charge in [-0.25, -0.2) is 4.79 Å². The molecule has 0 fully saturated rings. The Morgan fingerprint density at radius 3 is 2.81 bits per heavy atom. The number of pyridine rings is 1. The average molecular weight is 285 g/mol. The monoisotopic (exact) mass is 285 g/mol. The van der Waals surface area contributed by atoms with Crippen LogP contribution in [-0.4, -0.2) is 25.1 Å². The Labute approximate surface area is 124 Å². The summed E-state index contributed by atoms with van der Waals surface area (Å²) < 4.78 is 4.78. The fourth-order valence-electron chi connectivity index (χ4n) is 2.14. The molecule has 0 unspecified atom stereocenters. The first kappa shape index (κ1) is 14.8. The van der Waals surface area contributed by atoms with Gasteiger partial charge in [-0.2, -0.15) is 0 Å². The van der Waals surface area contributed by atoms with Crippen LogP contribution in [0.1, 0.15) is 21.5 Å². The lowest BCUT2D eigenvalue weighted by Crippen LogP contribution is -2.18. The van der Waals surface area contributed by atoms with Gasteiger partial charge in [0.15, 0.2) is 0 Å². The minimum atomic E-state index is -0.424. The van der Waals surface area contributed by atoms with Gasteiger partial charge in [0.25, 0.3) is 0 Å². The van der Waals surface area contributed by atoms with Crippen molar-refractivity contribution in [3.8, 4) is 0 Å². The van der Waals surface area contributed by atoms with Crippen molar-refractivity contribution < 1.29 is 9.53 Å². The Morgan fingerprint density at radius 1 is 1.43 bits per heavy atom. The number of esters is 1. The highest BCUT2D eigenvalue weighted by Crippen LogP contribution is 2.26. The number of nitrogen functional groups attached to an aromatic ring is 1. The molecule has 0 aliphatic heterocycles. The largest absolute Gasteiger partial charge is 0.465 e. The zero-order chi connectivity index (χ0) is 15.4. The van der Waals surface area contributed by atoms with Crippen LogP contribution in [-0.2, 0) is 11.3 Å². The number of aryl methyl sites for hydroxylation is 1. The maximum Gasteiger partial charge on any atom is 0.340 e. The summed E-state index contributed by atoms with van der Waals surface area (Å²) in [6.45, 7) is 2.57. The van der Waals surface area contributed by atoms with Crippen LogP contribution in [0.25, 0.3) is 0 Å². The molecule has 0 bridgehead atoms. The first-order valence-corrected chi connectivity index (χ1v) is 6.61. The number of methoxy groups -OCH3 is 1. The summed E-state index contributed by atoms with van der Waals surface area (Å²) in [5.74, 6) is -0.424. The third-order valence-electron chi connectivity index (χ3n) is 3.36. The SMILES string of the molecule is COC(=O)c1cc(N(C)Cc2cccnc2)cc(C)c1N. The maximum absolute atomic E-state index is 11.8. The lowest BCUT2D eigenvalue weighted by Gasteiger charge is -2.21. The first-order valence-electron chi connectivity index (χ1n) is 6.61. The summed E-state index contributed by atoms with van der Waals surface area (Å²) in [5, 5.41) is 0. The topological polar surface area (TPSA) is 68.5 Å². The number of ether oxygens (including phenoxy) is 1. The van der Waals surface area contributed by atoms with Crippen molar-refractivity contribution in [2.24, 2.45) is 0 Å². The number of aromatic nitrogens is 1. The van der Waals surface area contributed by atoms with Crippen molar-refractivity contribution in [1.29, 1.82) is 0 Å². The van der Waals surface area contributed by atoms with Gasteiger partial charge >= 0.3 is 5.97 Å². The third-order valence-corrected chi connectivity index (χ3v) is 3.36. The number of benzene rings is 1. The number of carbonyl (C=O) groups is 1. The Bertz CT molecular complexity index is 641. The Kier molecular flexibility index (Phi) is 4.42. The number of nitrogens with zero attached hydrogens (tertiary/aromatic N) is 2. The van der Waals surface area contributed by atoms with E-state index >= 15 is 0 Å². The number of nitrogens with two attached hydrogens (primary N) is 1. The Balaban J connectivity index is 2.31. The van der Waals surface area contributed by atoms with Crippen LogP contribution in [0.3, 0.4) is 0 Å². The molecule has 2 aromatic rings. The molecule has 0 saturated carbocycles. The van der Waals surface area contributed by atoms with Crippen LogP contribution in [0.2, 0.25) is 0 Å². The van der Waals surface area contributed by atoms with Crippen LogP contribution in [0.5, 0.6) is 0 Å². The van der Waals surface area contributed by atoms with Gasteiger partial charge in [-0.05, 0) is 36.2 Å². The molecule has 21 heavy (non-hydrogen) atoms. The van der Waals surface area contributed by atoms with Gasteiger partial charge in [0, 0.05) is 37.4 Å². The van der Waals surface area contributed by atoms with Gasteiger partial charge in [0.2, 0.25) is 0 Å². The van der Waals surface area contributed by atoms with Gasteiger partial charge in [0.1, 0.15) is 0 Å². The van der Waals surface area contributed by atoms with E-state index in [1.54, 1.807) is 12.3 Å². The molecule has 2 rings (SSSR count). The number of anilines is 2. The Morgan fingerprint density at radius 2 is 2.19 bits per heavy atom. The van der Waals surface area contributed by atoms with Crippen LogP contribution >= 0.6 is 0 Å². The highest BCUT2D eigenvalue weighted by atomic mass is 16.5. The molecular formula is C16H19N3O2. The second-order valence-electron chi connectivity index (χ2n) is 4.93. The van der Waals surface area contributed by atoms with Gasteiger partial charge in [-0.3, -0.25) is 4.98 Å². The first-order chi connectivity index (χ1) is 10.0. The molecule has 0 saturated heterocycles. The predicted octanol–water partition coefficient (Wildman–Crippen LogP) is 2.40. The van der Waals surface area contributed by atoms with E-state index in [1.807, 2.05) is 43.3 Å². The highest BCUT2D eigenvalue weighted by Gasteiger charge is 2.15. The molecule has 0 radical (unpaired) electrons. The minimum Gasteiger partial charge on any atom is -0.465 e. The van der Waals surface area contributed by atoms with E-state index < -0.39 is 5.97 Å². The second kappa shape index (κ2) is 6.26. The quantitative estimate of drug-likeness (QED) is 0.690. The zero-order valence-electron chi connectivity index (χ0n) is 12.5. The van der Waals surface area contributed by atoms with Gasteiger partial charge in [0.05, 0.1) is 12.7 Å². The van der Waals surface area contributed by atoms with E-state index in [4.69, 9.17) is 10.5 Å². The Hall–Kier alpha value is -2.56. The molecule has 5 heteroatoms. The maximum atomic E-state index is 11.8. The highest BCUT2D eigenvalue weighted by molar-refractivity contribution is 5.97. The number of hydrogen-bond donors (Lipinski definition) is 1. The van der Waals surface area contributed by atoms with Crippen molar-refractivity contribution in [3.63, 3.8) is 0 Å². The molecule has 0 spiro atoms. The summed E-state index contributed by atoms with van der Waals surface area (Å²) >= 11 is 0. The van der Waals surface area contributed by atoms with Crippen molar-refractivity contribution in [2.75, 3.05) is 24.8 Å². The molecule has 0 aliphatic rings. The molecule has 110 valence electrons. The minimum absolute atomic E-state index is 0.394. The molecule has 1 aromatic heterocycles. The molecule has 2 N–H and O–H groups in total. The summed E-state index contributed by atoms with van der Waals surface area (Å²) in [7, 11) is 3.31. The number of carbonyl (C=O) groups excluding carboxylic acids is 1. The molecule has 0 atom stereocenters. The predicted molar refractivity (Wildman–Crippen MR) is 83.3 cm³/mol. The summed E-state index contributed by atoms with van der Waals surface area (Å²) in [6, 6.07) is 7.62. The lowest BCUT2D eigenvalue weighted by atomic mass is 10.1. The van der Waals surface area contributed by atoms with E-state index in [0.717, 1.165) is 16.8 Å². The molecule has 1 heterocycles. The second-order valence-corrected chi connectivity index (χ2v) is 4.93. The van der Waals surface area contributed by atoms with E-state index in [2.05, 4.69) is 4.98 Å². The smallest absolute Gasteiger partial charge is 0.340 e. The molecule has 0 aliphatic carbocycles. The number of hydrogen-bond acceptors (Lipinski definition) is 5.